The zero-order chi connectivity index (χ0) is 25.4. The number of rotatable bonds is 6. The minimum atomic E-state index is -3.68. The maximum atomic E-state index is 13.3. The first-order valence-corrected chi connectivity index (χ1v) is 14.2. The fraction of sp³-hybridized carbons (Fsp3) is 0.333. The Kier molecular flexibility index (Phi) is 7.38. The van der Waals surface area contributed by atoms with Crippen LogP contribution >= 0.6 is 34.8 Å². The molecule has 5 rings (SSSR count). The summed E-state index contributed by atoms with van der Waals surface area (Å²) in [6.45, 7) is 1.39. The second kappa shape index (κ2) is 10.4. The maximum Gasteiger partial charge on any atom is 0.242 e. The molecule has 3 aromatic rings. The molecule has 1 saturated heterocycles. The molecule has 0 spiro atoms. The molecule has 2 unspecified atom stereocenters. The number of nitrogens with one attached hydrogen (secondary N) is 1. The zero-order valence-electron chi connectivity index (χ0n) is 19.2. The molecule has 1 aliphatic heterocycles. The fourth-order valence-corrected chi connectivity index (χ4v) is 7.31. The lowest BCUT2D eigenvalue weighted by Crippen LogP contribution is -2.42. The van der Waals surface area contributed by atoms with Crippen LogP contribution in [-0.2, 0) is 10.0 Å². The number of halogens is 3. The average molecular weight is 563 g/mol. The summed E-state index contributed by atoms with van der Waals surface area (Å²) in [5.41, 5.74) is 2.42. The Morgan fingerprint density at radius 3 is 2.81 bits per heavy atom. The van der Waals surface area contributed by atoms with Crippen LogP contribution in [0.2, 0.25) is 5.02 Å². The van der Waals surface area contributed by atoms with Crippen LogP contribution in [0.5, 0.6) is 0 Å². The second-order valence-electron chi connectivity index (χ2n) is 8.97. The van der Waals surface area contributed by atoms with Gasteiger partial charge in [-0.15, -0.1) is 11.6 Å². The van der Waals surface area contributed by atoms with Gasteiger partial charge in [-0.3, -0.25) is 0 Å². The van der Waals surface area contributed by atoms with Gasteiger partial charge in [-0.05, 0) is 42.4 Å². The summed E-state index contributed by atoms with van der Waals surface area (Å²) in [6, 6.07) is 9.34. The van der Waals surface area contributed by atoms with Crippen LogP contribution < -0.4 is 10.8 Å². The quantitative estimate of drug-likeness (QED) is 0.358. The number of anilines is 1. The lowest BCUT2D eigenvalue weighted by Gasteiger charge is -2.33. The van der Waals surface area contributed by atoms with E-state index in [2.05, 4.69) is 15.4 Å². The van der Waals surface area contributed by atoms with Crippen LogP contribution in [0.4, 0.5) is 5.82 Å². The molecule has 1 aromatic carbocycles. The highest BCUT2D eigenvalue weighted by molar-refractivity contribution is 7.93. The van der Waals surface area contributed by atoms with Crippen LogP contribution in [0.1, 0.15) is 19.3 Å². The molecule has 2 aromatic heterocycles. The van der Waals surface area contributed by atoms with Crippen molar-refractivity contribution in [3.63, 3.8) is 0 Å². The first-order valence-electron chi connectivity index (χ1n) is 11.6. The molecule has 2 aliphatic rings. The summed E-state index contributed by atoms with van der Waals surface area (Å²) < 4.78 is 29.7. The summed E-state index contributed by atoms with van der Waals surface area (Å²) in [4.78, 5) is 4.83. The van der Waals surface area contributed by atoms with E-state index in [0.29, 0.717) is 58.7 Å². The highest BCUT2D eigenvalue weighted by atomic mass is 35.5. The summed E-state index contributed by atoms with van der Waals surface area (Å²) in [5.74, 6) is 0.783. The Morgan fingerprint density at radius 1 is 1.22 bits per heavy atom. The first-order chi connectivity index (χ1) is 17.2. The number of piperidine rings is 1. The van der Waals surface area contributed by atoms with E-state index in [4.69, 9.17) is 42.6 Å². The Morgan fingerprint density at radius 2 is 2.03 bits per heavy atom. The van der Waals surface area contributed by atoms with Gasteiger partial charge < -0.3 is 5.32 Å². The number of allylic oxidation sites excluding steroid dienone is 3. The number of hydrogen-bond donors (Lipinski definition) is 1. The molecule has 1 fully saturated rings. The van der Waals surface area contributed by atoms with E-state index in [0.717, 1.165) is 18.4 Å². The summed E-state index contributed by atoms with van der Waals surface area (Å²) >= 11 is 18.7. The molecular weight excluding hydrogens is 540 g/mol. The van der Waals surface area contributed by atoms with Gasteiger partial charge in [0.25, 0.3) is 0 Å². The number of nitrogens with zero attached hydrogens (tertiary/aromatic N) is 4. The van der Waals surface area contributed by atoms with Crippen LogP contribution in [0.15, 0.2) is 58.6 Å². The zero-order valence-corrected chi connectivity index (χ0v) is 22.3. The van der Waals surface area contributed by atoms with E-state index >= 15 is 0 Å². The monoisotopic (exact) mass is 561 g/mol. The molecule has 1 aliphatic carbocycles. The number of alkyl halides is 1. The van der Waals surface area contributed by atoms with Crippen molar-refractivity contribution in [1.82, 2.24) is 18.9 Å². The third-order valence-corrected chi connectivity index (χ3v) is 9.11. The molecule has 2 atom stereocenters. The summed E-state index contributed by atoms with van der Waals surface area (Å²) in [5, 5.41) is 8.39. The van der Waals surface area contributed by atoms with Crippen LogP contribution in [0.3, 0.4) is 0 Å². The second-order valence-corrected chi connectivity index (χ2v) is 12.4. The molecule has 0 saturated carbocycles. The highest BCUT2D eigenvalue weighted by Crippen LogP contribution is 2.32. The molecule has 2 radical (unpaired) electrons. The van der Waals surface area contributed by atoms with Crippen molar-refractivity contribution in [2.24, 2.45) is 5.92 Å². The molecule has 3 heterocycles. The number of fused-ring (bicyclic) bond motifs is 1. The lowest BCUT2D eigenvalue weighted by atomic mass is 9.99. The molecular formula is C24H23BCl3N5O2S. The lowest BCUT2D eigenvalue weighted by molar-refractivity contribution is 0.277. The van der Waals surface area contributed by atoms with Crippen molar-refractivity contribution in [2.45, 2.75) is 24.6 Å². The summed E-state index contributed by atoms with van der Waals surface area (Å²) in [6.07, 6.45) is 6.70. The van der Waals surface area contributed by atoms with Crippen molar-refractivity contribution in [2.75, 3.05) is 25.0 Å². The van der Waals surface area contributed by atoms with Crippen LogP contribution in [0, 0.1) is 5.92 Å². The van der Waals surface area contributed by atoms with Crippen molar-refractivity contribution >= 4 is 69.6 Å². The van der Waals surface area contributed by atoms with Crippen molar-refractivity contribution in [1.29, 1.82) is 0 Å². The van der Waals surface area contributed by atoms with E-state index in [1.807, 2.05) is 30.3 Å². The molecule has 7 nitrogen and oxygen atoms in total. The smallest absolute Gasteiger partial charge is 0.242 e. The van der Waals surface area contributed by atoms with Gasteiger partial charge >= 0.3 is 0 Å². The predicted octanol–water partition coefficient (Wildman–Crippen LogP) is 4.31. The normalized spacial score (nSPS) is 21.3. The van der Waals surface area contributed by atoms with Crippen molar-refractivity contribution in [3.05, 3.63) is 63.6 Å². The SMILES string of the molecule is [B]c1cnn2c(NCC3CCCN(S(=O)(=O)C4=CC(Cl)CC(Cl)=C4)C3)cc(-c3ccccc3Cl)nc12. The number of sulfonamides is 1. The Bertz CT molecular complexity index is 1470. The molecule has 0 bridgehead atoms. The molecule has 186 valence electrons. The van der Waals surface area contributed by atoms with Gasteiger partial charge in [0.05, 0.1) is 16.0 Å². The van der Waals surface area contributed by atoms with Crippen molar-refractivity contribution < 1.29 is 8.42 Å². The molecule has 0 amide bonds. The topological polar surface area (TPSA) is 79.6 Å². The van der Waals surface area contributed by atoms with Gasteiger partial charge in [0.15, 0.2) is 5.65 Å². The standard InChI is InChI=1S/C24H23BCl3N5O2S/c25-20-13-30-33-23(11-22(31-24(20)33)19-5-1-2-6-21(19)28)29-12-15-4-3-7-32(14-15)36(34,35)18-9-16(26)8-17(27)10-18/h1-2,5-6,9-11,13,15-16,29H,3-4,7-8,12,14H2. The number of hydrogen-bond acceptors (Lipinski definition) is 5. The average Bonchev–Trinajstić information content (AvgIpc) is 3.23. The van der Waals surface area contributed by atoms with E-state index < -0.39 is 15.4 Å². The fourth-order valence-electron chi connectivity index (χ4n) is 4.57. The number of benzene rings is 1. The van der Waals surface area contributed by atoms with Crippen LogP contribution in [-0.4, -0.2) is 60.2 Å². The van der Waals surface area contributed by atoms with Gasteiger partial charge in [0.1, 0.15) is 13.7 Å². The predicted molar refractivity (Wildman–Crippen MR) is 147 cm³/mol. The Labute approximate surface area is 226 Å². The summed E-state index contributed by atoms with van der Waals surface area (Å²) in [7, 11) is 2.43. The van der Waals surface area contributed by atoms with Gasteiger partial charge in [-0.1, -0.05) is 41.4 Å². The largest absolute Gasteiger partial charge is 0.370 e. The van der Waals surface area contributed by atoms with E-state index in [1.54, 1.807) is 16.8 Å². The van der Waals surface area contributed by atoms with E-state index in [-0.39, 0.29) is 10.8 Å². The highest BCUT2D eigenvalue weighted by Gasteiger charge is 2.32. The van der Waals surface area contributed by atoms with E-state index in [9.17, 15) is 8.42 Å². The van der Waals surface area contributed by atoms with Gasteiger partial charge in [-0.25, -0.2) is 13.4 Å². The third-order valence-electron chi connectivity index (χ3n) is 6.37. The molecule has 1 N–H and O–H groups in total. The minimum absolute atomic E-state index is 0.0869. The first kappa shape index (κ1) is 25.6. The van der Waals surface area contributed by atoms with Crippen LogP contribution in [0.25, 0.3) is 16.9 Å². The molecule has 12 heteroatoms. The maximum absolute atomic E-state index is 13.3. The minimum Gasteiger partial charge on any atom is -0.370 e. The Balaban J connectivity index is 1.37. The number of aromatic nitrogens is 3. The van der Waals surface area contributed by atoms with Gasteiger partial charge in [0.2, 0.25) is 10.0 Å². The van der Waals surface area contributed by atoms with E-state index in [1.165, 1.54) is 10.4 Å². The van der Waals surface area contributed by atoms with Gasteiger partial charge in [0, 0.05) is 53.9 Å². The Hall–Kier alpha value is -2.04. The van der Waals surface area contributed by atoms with Gasteiger partial charge in [-0.2, -0.15) is 13.9 Å². The van der Waals surface area contributed by atoms with Crippen molar-refractivity contribution in [3.8, 4) is 11.3 Å². The third kappa shape index (κ3) is 5.17. The molecule has 36 heavy (non-hydrogen) atoms.